The lowest BCUT2D eigenvalue weighted by molar-refractivity contribution is -0.129. The van der Waals surface area contributed by atoms with Gasteiger partial charge in [-0.2, -0.15) is 4.98 Å². The number of ether oxygens (including phenoxy) is 1. The third-order valence-electron chi connectivity index (χ3n) is 4.08. The van der Waals surface area contributed by atoms with Gasteiger partial charge in [-0.1, -0.05) is 5.16 Å². The Labute approximate surface area is 124 Å². The molecule has 21 heavy (non-hydrogen) atoms. The van der Waals surface area contributed by atoms with Gasteiger partial charge in [0, 0.05) is 32.1 Å². The van der Waals surface area contributed by atoms with Crippen molar-refractivity contribution in [3.8, 4) is 0 Å². The van der Waals surface area contributed by atoms with Crippen LogP contribution in [0.25, 0.3) is 0 Å². The number of likely N-dealkylation sites (tertiary alicyclic amines) is 1. The maximum Gasteiger partial charge on any atom is 0.232 e. The van der Waals surface area contributed by atoms with Crippen LogP contribution in [0.4, 0.5) is 0 Å². The summed E-state index contributed by atoms with van der Waals surface area (Å²) < 4.78 is 10.7. The number of carbonyl (C=O) groups is 1. The predicted molar refractivity (Wildman–Crippen MR) is 74.6 cm³/mol. The minimum absolute atomic E-state index is 0.0332. The minimum Gasteiger partial charge on any atom is -0.379 e. The van der Waals surface area contributed by atoms with Gasteiger partial charge < -0.3 is 14.2 Å². The Morgan fingerprint density at radius 1 is 1.33 bits per heavy atom. The molecule has 3 heterocycles. The van der Waals surface area contributed by atoms with Crippen LogP contribution in [0.5, 0.6) is 0 Å². The highest BCUT2D eigenvalue weighted by Gasteiger charge is 2.35. The Kier molecular flexibility index (Phi) is 4.21. The first kappa shape index (κ1) is 14.5. The van der Waals surface area contributed by atoms with Crippen LogP contribution in [0.3, 0.4) is 0 Å². The third kappa shape index (κ3) is 3.24. The molecule has 0 N–H and O–H groups in total. The van der Waals surface area contributed by atoms with E-state index >= 15 is 0 Å². The molecule has 116 valence electrons. The van der Waals surface area contributed by atoms with Gasteiger partial charge in [-0.05, 0) is 13.8 Å². The van der Waals surface area contributed by atoms with Gasteiger partial charge >= 0.3 is 0 Å². The largest absolute Gasteiger partial charge is 0.379 e. The molecule has 2 saturated heterocycles. The van der Waals surface area contributed by atoms with Gasteiger partial charge in [0.25, 0.3) is 0 Å². The zero-order chi connectivity index (χ0) is 14.8. The summed E-state index contributed by atoms with van der Waals surface area (Å²) in [5, 5.41) is 4.05. The van der Waals surface area contributed by atoms with E-state index in [-0.39, 0.29) is 17.9 Å². The first-order valence-corrected chi connectivity index (χ1v) is 7.55. The first-order chi connectivity index (χ1) is 10.1. The van der Waals surface area contributed by atoms with Crippen molar-refractivity contribution in [2.45, 2.75) is 38.8 Å². The number of hydrogen-bond acceptors (Lipinski definition) is 6. The standard InChI is InChI=1S/C14H22N4O3/c1-10(2)18-8-11(7-13(18)19)14-15-12(16-21-14)9-17-3-5-20-6-4-17/h10-11H,3-9H2,1-2H3/t11-/m0/s1. The average Bonchev–Trinajstić information content (AvgIpc) is 3.06. The molecule has 2 aliphatic heterocycles. The van der Waals surface area contributed by atoms with E-state index in [1.807, 2.05) is 18.7 Å². The van der Waals surface area contributed by atoms with Crippen molar-refractivity contribution in [1.82, 2.24) is 19.9 Å². The summed E-state index contributed by atoms with van der Waals surface area (Å²) in [5.74, 6) is 1.49. The lowest BCUT2D eigenvalue weighted by Crippen LogP contribution is -2.35. The summed E-state index contributed by atoms with van der Waals surface area (Å²) in [4.78, 5) is 20.5. The molecule has 2 fully saturated rings. The number of nitrogens with zero attached hydrogens (tertiary/aromatic N) is 4. The Hall–Kier alpha value is -1.47. The molecule has 0 spiro atoms. The van der Waals surface area contributed by atoms with Crippen LogP contribution >= 0.6 is 0 Å². The highest BCUT2D eigenvalue weighted by molar-refractivity contribution is 5.79. The molecule has 7 nitrogen and oxygen atoms in total. The molecule has 1 aromatic heterocycles. The molecule has 0 unspecified atom stereocenters. The molecule has 0 bridgehead atoms. The van der Waals surface area contributed by atoms with Gasteiger partial charge in [-0.25, -0.2) is 0 Å². The van der Waals surface area contributed by atoms with Gasteiger partial charge in [0.1, 0.15) is 0 Å². The number of hydrogen-bond donors (Lipinski definition) is 0. The summed E-state index contributed by atoms with van der Waals surface area (Å²) in [7, 11) is 0. The quantitative estimate of drug-likeness (QED) is 0.811. The van der Waals surface area contributed by atoms with Gasteiger partial charge in [-0.15, -0.1) is 0 Å². The van der Waals surface area contributed by atoms with Crippen LogP contribution in [0, 0.1) is 0 Å². The summed E-state index contributed by atoms with van der Waals surface area (Å²) in [6, 6.07) is 0.221. The first-order valence-electron chi connectivity index (χ1n) is 7.55. The lowest BCUT2D eigenvalue weighted by Gasteiger charge is -2.24. The molecule has 3 rings (SSSR count). The van der Waals surface area contributed by atoms with Gasteiger partial charge in [0.15, 0.2) is 5.82 Å². The fourth-order valence-corrected chi connectivity index (χ4v) is 2.85. The fraction of sp³-hybridized carbons (Fsp3) is 0.786. The van der Waals surface area contributed by atoms with Crippen molar-refractivity contribution >= 4 is 5.91 Å². The Morgan fingerprint density at radius 3 is 2.76 bits per heavy atom. The number of carbonyl (C=O) groups excluding carboxylic acids is 1. The van der Waals surface area contributed by atoms with Crippen molar-refractivity contribution in [2.75, 3.05) is 32.8 Å². The minimum atomic E-state index is 0.0332. The van der Waals surface area contributed by atoms with Crippen molar-refractivity contribution < 1.29 is 14.1 Å². The molecule has 1 atom stereocenters. The second kappa shape index (κ2) is 6.11. The number of rotatable bonds is 4. The molecule has 1 aromatic rings. The van der Waals surface area contributed by atoms with E-state index in [2.05, 4.69) is 15.0 Å². The summed E-state index contributed by atoms with van der Waals surface area (Å²) in [5.41, 5.74) is 0. The molecular weight excluding hydrogens is 272 g/mol. The highest BCUT2D eigenvalue weighted by atomic mass is 16.5. The van der Waals surface area contributed by atoms with Crippen LogP contribution in [-0.4, -0.2) is 64.7 Å². The predicted octanol–water partition coefficient (Wildman–Crippen LogP) is 0.626. The number of aromatic nitrogens is 2. The average molecular weight is 294 g/mol. The van der Waals surface area contributed by atoms with Crippen LogP contribution in [0.2, 0.25) is 0 Å². The smallest absolute Gasteiger partial charge is 0.232 e. The van der Waals surface area contributed by atoms with E-state index in [0.717, 1.165) is 26.3 Å². The molecule has 2 aliphatic rings. The van der Waals surface area contributed by atoms with E-state index in [0.29, 0.717) is 31.2 Å². The van der Waals surface area contributed by atoms with E-state index < -0.39 is 0 Å². The molecule has 1 amide bonds. The summed E-state index contributed by atoms with van der Waals surface area (Å²) in [6.45, 7) is 8.71. The van der Waals surface area contributed by atoms with Crippen molar-refractivity contribution in [3.05, 3.63) is 11.7 Å². The monoisotopic (exact) mass is 294 g/mol. The third-order valence-corrected chi connectivity index (χ3v) is 4.08. The molecule has 0 radical (unpaired) electrons. The van der Waals surface area contributed by atoms with E-state index in [4.69, 9.17) is 9.26 Å². The SMILES string of the molecule is CC(C)N1C[C@@H](c2nc(CN3CCOCC3)no2)CC1=O. The van der Waals surface area contributed by atoms with Crippen molar-refractivity contribution in [3.63, 3.8) is 0 Å². The second-order valence-electron chi connectivity index (χ2n) is 5.98. The molecule has 0 saturated carbocycles. The zero-order valence-corrected chi connectivity index (χ0v) is 12.6. The molecular formula is C14H22N4O3. The topological polar surface area (TPSA) is 71.7 Å². The van der Waals surface area contributed by atoms with Gasteiger partial charge in [-0.3, -0.25) is 9.69 Å². The fourth-order valence-electron chi connectivity index (χ4n) is 2.85. The van der Waals surface area contributed by atoms with E-state index in [9.17, 15) is 4.79 Å². The molecule has 0 aromatic carbocycles. The normalized spacial score (nSPS) is 24.2. The summed E-state index contributed by atoms with van der Waals surface area (Å²) >= 11 is 0. The second-order valence-corrected chi connectivity index (χ2v) is 5.98. The van der Waals surface area contributed by atoms with Crippen molar-refractivity contribution in [2.24, 2.45) is 0 Å². The van der Waals surface area contributed by atoms with Crippen LogP contribution < -0.4 is 0 Å². The number of amides is 1. The number of morpholine rings is 1. The van der Waals surface area contributed by atoms with Crippen LogP contribution in [-0.2, 0) is 16.1 Å². The Morgan fingerprint density at radius 2 is 2.10 bits per heavy atom. The maximum absolute atomic E-state index is 11.9. The Balaban J connectivity index is 1.61. The summed E-state index contributed by atoms with van der Waals surface area (Å²) in [6.07, 6.45) is 0.470. The van der Waals surface area contributed by atoms with Crippen LogP contribution in [0.1, 0.15) is 37.9 Å². The maximum atomic E-state index is 11.9. The van der Waals surface area contributed by atoms with Crippen LogP contribution in [0.15, 0.2) is 4.52 Å². The zero-order valence-electron chi connectivity index (χ0n) is 12.6. The molecule has 0 aliphatic carbocycles. The van der Waals surface area contributed by atoms with Gasteiger partial charge in [0.2, 0.25) is 11.8 Å². The van der Waals surface area contributed by atoms with Crippen molar-refractivity contribution in [1.29, 1.82) is 0 Å². The highest BCUT2D eigenvalue weighted by Crippen LogP contribution is 2.28. The van der Waals surface area contributed by atoms with E-state index in [1.165, 1.54) is 0 Å². The lowest BCUT2D eigenvalue weighted by atomic mass is 10.1. The Bertz CT molecular complexity index is 496. The van der Waals surface area contributed by atoms with Gasteiger partial charge in [0.05, 0.1) is 25.7 Å². The van der Waals surface area contributed by atoms with E-state index in [1.54, 1.807) is 0 Å². The molecule has 7 heteroatoms.